The second-order valence-corrected chi connectivity index (χ2v) is 3.07. The van der Waals surface area contributed by atoms with Crippen LogP contribution in [0.2, 0.25) is 0 Å². The van der Waals surface area contributed by atoms with E-state index in [0.717, 1.165) is 0 Å². The molecule has 76 valence electrons. The van der Waals surface area contributed by atoms with E-state index < -0.39 is 16.5 Å². The van der Waals surface area contributed by atoms with Crippen LogP contribution >= 0.6 is 0 Å². The van der Waals surface area contributed by atoms with E-state index in [1.165, 1.54) is 32.4 Å². The fourth-order valence-corrected chi connectivity index (χ4v) is 1.02. The maximum atomic E-state index is 9.47. The normalized spacial score (nSPS) is 15.1. The molecule has 0 aromatic rings. The molecule has 3 N–H and O–H groups in total. The fraction of sp³-hybridized carbons (Fsp3) is 0.833. The topological polar surface area (TPSA) is 102 Å². The molecule has 1 rings (SSSR count). The van der Waals surface area contributed by atoms with E-state index in [-0.39, 0.29) is 0 Å². The number of nitrogens with zero attached hydrogens (tertiary/aromatic N) is 1. The minimum Gasteiger partial charge on any atom is -0.349 e. The standard InChI is InChI=1S/C5H11N.CH2N2O3S/c1-2-4-6-5-3-1;2-1(4)3-7(5)6/h6H,1-5H2;(H2,2,4). The van der Waals surface area contributed by atoms with Gasteiger partial charge in [0.15, 0.2) is 0 Å². The third-order valence-corrected chi connectivity index (χ3v) is 1.70. The van der Waals surface area contributed by atoms with Crippen molar-refractivity contribution in [1.29, 1.82) is 0 Å². The van der Waals surface area contributed by atoms with Gasteiger partial charge in [0.25, 0.3) is 0 Å². The predicted molar refractivity (Wildman–Crippen MR) is 47.7 cm³/mol. The zero-order valence-corrected chi connectivity index (χ0v) is 8.01. The van der Waals surface area contributed by atoms with Crippen molar-refractivity contribution >= 4 is 16.5 Å². The number of carbonyl (C=O) groups excluding carboxylic acids is 1. The maximum absolute atomic E-state index is 9.47. The molecule has 1 fully saturated rings. The fourth-order valence-electron chi connectivity index (χ4n) is 0.875. The summed E-state index contributed by atoms with van der Waals surface area (Å²) in [5.41, 5.74) is 4.29. The van der Waals surface area contributed by atoms with Gasteiger partial charge in [0.05, 0.1) is 0 Å². The third-order valence-electron chi connectivity index (χ3n) is 1.37. The number of urea groups is 1. The first kappa shape index (κ1) is 12.0. The first-order chi connectivity index (χ1) is 6.13. The van der Waals surface area contributed by atoms with Crippen LogP contribution in [0.5, 0.6) is 0 Å². The zero-order valence-electron chi connectivity index (χ0n) is 7.19. The van der Waals surface area contributed by atoms with Gasteiger partial charge in [-0.1, -0.05) is 10.8 Å². The summed E-state index contributed by atoms with van der Waals surface area (Å²) in [5, 5.41) is 3.28. The minimum absolute atomic E-state index is 1.20. The van der Waals surface area contributed by atoms with Crippen molar-refractivity contribution in [3.8, 4) is 0 Å². The van der Waals surface area contributed by atoms with E-state index in [0.29, 0.717) is 0 Å². The molecule has 0 radical (unpaired) electrons. The lowest BCUT2D eigenvalue weighted by Crippen LogP contribution is -2.21. The Hall–Kier alpha value is -0.950. The summed E-state index contributed by atoms with van der Waals surface area (Å²) >= 11 is 0. The predicted octanol–water partition coefficient (Wildman–Crippen LogP) is -0.112. The van der Waals surface area contributed by atoms with Crippen LogP contribution in [0.1, 0.15) is 19.3 Å². The highest BCUT2D eigenvalue weighted by atomic mass is 32.2. The van der Waals surface area contributed by atoms with Crippen LogP contribution in [-0.4, -0.2) is 27.5 Å². The molecule has 1 heterocycles. The summed E-state index contributed by atoms with van der Waals surface area (Å²) in [7, 11) is -2.70. The van der Waals surface area contributed by atoms with E-state index in [2.05, 4.69) is 15.4 Å². The van der Waals surface area contributed by atoms with Crippen LogP contribution in [-0.2, 0) is 10.5 Å². The van der Waals surface area contributed by atoms with E-state index >= 15 is 0 Å². The quantitative estimate of drug-likeness (QED) is 0.578. The first-order valence-electron chi connectivity index (χ1n) is 3.94. The van der Waals surface area contributed by atoms with Gasteiger partial charge in [0.1, 0.15) is 0 Å². The lowest BCUT2D eigenvalue weighted by atomic mass is 10.2. The van der Waals surface area contributed by atoms with Crippen molar-refractivity contribution in [2.45, 2.75) is 19.3 Å². The lowest BCUT2D eigenvalue weighted by molar-refractivity contribution is 0.257. The molecule has 0 aromatic heterocycles. The largest absolute Gasteiger partial charge is 0.353 e. The minimum atomic E-state index is -2.70. The molecule has 1 saturated heterocycles. The van der Waals surface area contributed by atoms with Crippen molar-refractivity contribution in [3.05, 3.63) is 0 Å². The van der Waals surface area contributed by atoms with Gasteiger partial charge in [-0.25, -0.2) is 4.79 Å². The molecular weight excluding hydrogens is 194 g/mol. The Labute approximate surface area is 78.2 Å². The Balaban J connectivity index is 0.000000223. The number of hydrogen-bond donors (Lipinski definition) is 2. The second-order valence-electron chi connectivity index (χ2n) is 2.46. The molecule has 6 nitrogen and oxygen atoms in total. The average molecular weight is 207 g/mol. The summed E-state index contributed by atoms with van der Waals surface area (Å²) in [6.07, 6.45) is 4.22. The Morgan fingerprint density at radius 3 is 1.85 bits per heavy atom. The van der Waals surface area contributed by atoms with E-state index in [1.54, 1.807) is 0 Å². The van der Waals surface area contributed by atoms with E-state index in [9.17, 15) is 13.2 Å². The van der Waals surface area contributed by atoms with Crippen LogP contribution in [0.3, 0.4) is 0 Å². The van der Waals surface area contributed by atoms with Crippen LogP contribution in [0.15, 0.2) is 4.36 Å². The highest BCUT2D eigenvalue weighted by Crippen LogP contribution is 1.96. The molecule has 2 amide bonds. The molecule has 0 atom stereocenters. The van der Waals surface area contributed by atoms with Gasteiger partial charge in [0, 0.05) is 0 Å². The van der Waals surface area contributed by atoms with Crippen molar-refractivity contribution < 1.29 is 13.2 Å². The molecule has 0 aromatic carbocycles. The number of piperidine rings is 1. The monoisotopic (exact) mass is 207 g/mol. The molecule has 0 spiro atoms. The van der Waals surface area contributed by atoms with Gasteiger partial charge < -0.3 is 11.1 Å². The number of nitrogens with two attached hydrogens (primary N) is 1. The summed E-state index contributed by atoms with van der Waals surface area (Å²) in [6, 6.07) is -1.20. The van der Waals surface area contributed by atoms with Crippen molar-refractivity contribution in [1.82, 2.24) is 5.32 Å². The highest BCUT2D eigenvalue weighted by Gasteiger charge is 1.93. The number of rotatable bonds is 0. The van der Waals surface area contributed by atoms with Crippen molar-refractivity contribution in [2.75, 3.05) is 13.1 Å². The number of amides is 2. The van der Waals surface area contributed by atoms with Crippen molar-refractivity contribution in [3.63, 3.8) is 0 Å². The molecule has 0 unspecified atom stereocenters. The number of carbonyl (C=O) groups is 1. The molecule has 0 saturated carbocycles. The average Bonchev–Trinajstić information content (AvgIpc) is 2.06. The summed E-state index contributed by atoms with van der Waals surface area (Å²) < 4.78 is 21.0. The van der Waals surface area contributed by atoms with Gasteiger partial charge in [-0.3, -0.25) is 0 Å². The van der Waals surface area contributed by atoms with E-state index in [4.69, 9.17) is 0 Å². The molecule has 1 aliphatic rings. The second kappa shape index (κ2) is 7.69. The smallest absolute Gasteiger partial charge is 0.349 e. The summed E-state index contributed by atoms with van der Waals surface area (Å²) in [5.74, 6) is 0. The maximum Gasteiger partial charge on any atom is 0.353 e. The Bertz CT molecular complexity index is 249. The Morgan fingerprint density at radius 2 is 1.77 bits per heavy atom. The number of nitrogens with one attached hydrogen (secondary N) is 1. The van der Waals surface area contributed by atoms with Gasteiger partial charge >= 0.3 is 16.5 Å². The molecular formula is C6H13N3O3S. The van der Waals surface area contributed by atoms with Crippen LogP contribution in [0.25, 0.3) is 0 Å². The summed E-state index contributed by atoms with van der Waals surface area (Å²) in [4.78, 5) is 9.47. The van der Waals surface area contributed by atoms with Crippen LogP contribution < -0.4 is 11.1 Å². The van der Waals surface area contributed by atoms with Crippen LogP contribution in [0.4, 0.5) is 4.79 Å². The third kappa shape index (κ3) is 11.0. The first-order valence-corrected chi connectivity index (χ1v) is 4.97. The summed E-state index contributed by atoms with van der Waals surface area (Å²) in [6.45, 7) is 2.50. The number of hydrogen-bond acceptors (Lipinski definition) is 4. The molecule has 7 heteroatoms. The van der Waals surface area contributed by atoms with Gasteiger partial charge in [-0.05, 0) is 25.9 Å². The Kier molecular flexibility index (Phi) is 7.12. The van der Waals surface area contributed by atoms with Gasteiger partial charge in [-0.2, -0.15) is 8.42 Å². The van der Waals surface area contributed by atoms with Crippen LogP contribution in [0, 0.1) is 0 Å². The molecule has 0 aliphatic carbocycles. The highest BCUT2D eigenvalue weighted by molar-refractivity contribution is 7.62. The SMILES string of the molecule is C1CCNCC1.NC(=O)N=S(=O)=O. The molecule has 1 aliphatic heterocycles. The van der Waals surface area contributed by atoms with Gasteiger partial charge in [0.2, 0.25) is 0 Å². The zero-order chi connectivity index (χ0) is 10.1. The molecule has 13 heavy (non-hydrogen) atoms. The van der Waals surface area contributed by atoms with Gasteiger partial charge in [-0.15, -0.1) is 0 Å². The lowest BCUT2D eigenvalue weighted by Gasteiger charge is -2.08. The molecule has 0 bridgehead atoms. The van der Waals surface area contributed by atoms with E-state index in [1.807, 2.05) is 0 Å². The number of primary amides is 1. The van der Waals surface area contributed by atoms with Crippen molar-refractivity contribution in [2.24, 2.45) is 10.1 Å². The Morgan fingerprint density at radius 1 is 1.23 bits per heavy atom.